The van der Waals surface area contributed by atoms with Gasteiger partial charge in [0, 0.05) is 6.42 Å². The van der Waals surface area contributed by atoms with Crippen molar-refractivity contribution in [1.82, 2.24) is 5.32 Å². The molecule has 0 aromatic rings. The highest BCUT2D eigenvalue weighted by atomic mass is 15.1. The van der Waals surface area contributed by atoms with Gasteiger partial charge in [0.2, 0.25) is 5.84 Å². The predicted octanol–water partition coefficient (Wildman–Crippen LogP) is 2.75. The van der Waals surface area contributed by atoms with E-state index >= 15 is 0 Å². The summed E-state index contributed by atoms with van der Waals surface area (Å²) in [7, 11) is 2.14. The number of nitrogens with zero attached hydrogens (tertiary/aromatic N) is 1. The fraction of sp³-hybridized carbons (Fsp3) is 0.750. The first kappa shape index (κ1) is 13.2. The second-order valence-electron chi connectivity index (χ2n) is 3.63. The van der Waals surface area contributed by atoms with Crippen LogP contribution in [0, 0.1) is 0 Å². The molecule has 0 aromatic heterocycles. The average molecular weight is 197 g/mol. The van der Waals surface area contributed by atoms with E-state index in [2.05, 4.69) is 50.7 Å². The smallest absolute Gasteiger partial charge is 0.249 e. The van der Waals surface area contributed by atoms with Gasteiger partial charge in [0.15, 0.2) is 0 Å². The van der Waals surface area contributed by atoms with E-state index in [1.807, 2.05) is 0 Å². The lowest BCUT2D eigenvalue weighted by Gasteiger charge is -2.07. The summed E-state index contributed by atoms with van der Waals surface area (Å²) in [5, 5.41) is 3.47. The normalized spacial score (nSPS) is 13.9. The van der Waals surface area contributed by atoms with Gasteiger partial charge in [-0.05, 0) is 32.8 Å². The average Bonchev–Trinajstić information content (AvgIpc) is 2.16. The van der Waals surface area contributed by atoms with Crippen molar-refractivity contribution >= 4 is 5.84 Å². The third kappa shape index (κ3) is 5.05. The summed E-state index contributed by atoms with van der Waals surface area (Å²) in [5.41, 5.74) is 1.26. The molecular weight excluding hydrogens is 172 g/mol. The molecule has 0 heterocycles. The van der Waals surface area contributed by atoms with Crippen molar-refractivity contribution in [2.45, 2.75) is 47.0 Å². The molecule has 0 saturated carbocycles. The molecule has 82 valence electrons. The SMILES string of the molecule is CCC=C(C)NC(CCC)=[N+](C)CC. The summed E-state index contributed by atoms with van der Waals surface area (Å²) in [6.45, 7) is 9.73. The number of rotatable bonds is 5. The molecule has 0 aromatic carbocycles. The first-order valence-corrected chi connectivity index (χ1v) is 5.66. The summed E-state index contributed by atoms with van der Waals surface area (Å²) in [4.78, 5) is 0. The van der Waals surface area contributed by atoms with Crippen LogP contribution >= 0.6 is 0 Å². The number of amidine groups is 1. The zero-order valence-corrected chi connectivity index (χ0v) is 10.4. The summed E-state index contributed by atoms with van der Waals surface area (Å²) in [6.07, 6.45) is 5.62. The molecule has 0 radical (unpaired) electrons. The molecule has 0 rings (SSSR count). The maximum Gasteiger partial charge on any atom is 0.249 e. The van der Waals surface area contributed by atoms with Gasteiger partial charge in [0.1, 0.15) is 0 Å². The van der Waals surface area contributed by atoms with Crippen LogP contribution in [0.15, 0.2) is 11.8 Å². The highest BCUT2D eigenvalue weighted by molar-refractivity contribution is 5.78. The summed E-state index contributed by atoms with van der Waals surface area (Å²) in [6, 6.07) is 0. The molecule has 0 amide bonds. The molecule has 0 fully saturated rings. The molecule has 2 nitrogen and oxygen atoms in total. The van der Waals surface area contributed by atoms with E-state index in [4.69, 9.17) is 0 Å². The van der Waals surface area contributed by atoms with Gasteiger partial charge in [0.05, 0.1) is 19.3 Å². The van der Waals surface area contributed by atoms with Crippen LogP contribution in [0.4, 0.5) is 0 Å². The third-order valence-corrected chi connectivity index (χ3v) is 2.27. The standard InChI is InChI=1S/C12H24N2/c1-6-9-11(4)13-12(10-7-2)14(5)8-3/h9H,6-8,10H2,1-5H3/p+1. The molecule has 2 heteroatoms. The topological polar surface area (TPSA) is 15.0 Å². The zero-order valence-electron chi connectivity index (χ0n) is 10.4. The van der Waals surface area contributed by atoms with Crippen LogP contribution in [-0.4, -0.2) is 24.0 Å². The van der Waals surface area contributed by atoms with Crippen molar-refractivity contribution in [1.29, 1.82) is 0 Å². The quantitative estimate of drug-likeness (QED) is 0.407. The Morgan fingerprint density at radius 1 is 1.29 bits per heavy atom. The lowest BCUT2D eigenvalue weighted by atomic mass is 10.3. The maximum absolute atomic E-state index is 3.47. The Labute approximate surface area is 88.7 Å². The third-order valence-electron chi connectivity index (χ3n) is 2.27. The Morgan fingerprint density at radius 3 is 2.36 bits per heavy atom. The van der Waals surface area contributed by atoms with E-state index in [0.717, 1.165) is 19.4 Å². The molecule has 0 aliphatic carbocycles. The van der Waals surface area contributed by atoms with Gasteiger partial charge in [0.25, 0.3) is 0 Å². The largest absolute Gasteiger partial charge is 0.269 e. The van der Waals surface area contributed by atoms with Crippen molar-refractivity contribution in [2.75, 3.05) is 13.6 Å². The molecule has 0 bridgehead atoms. The summed E-state index contributed by atoms with van der Waals surface area (Å²) < 4.78 is 2.27. The van der Waals surface area contributed by atoms with Gasteiger partial charge >= 0.3 is 0 Å². The van der Waals surface area contributed by atoms with Gasteiger partial charge < -0.3 is 0 Å². The van der Waals surface area contributed by atoms with Gasteiger partial charge in [-0.25, -0.2) is 5.32 Å². The highest BCUT2D eigenvalue weighted by Gasteiger charge is 2.08. The first-order chi connectivity index (χ1) is 6.65. The molecule has 14 heavy (non-hydrogen) atoms. The zero-order chi connectivity index (χ0) is 11.0. The monoisotopic (exact) mass is 197 g/mol. The molecule has 1 N–H and O–H groups in total. The van der Waals surface area contributed by atoms with E-state index in [-0.39, 0.29) is 0 Å². The minimum atomic E-state index is 1.06. The van der Waals surface area contributed by atoms with Crippen LogP contribution in [0.25, 0.3) is 0 Å². The van der Waals surface area contributed by atoms with Crippen molar-refractivity contribution in [3.63, 3.8) is 0 Å². The molecule has 0 aliphatic heterocycles. The van der Waals surface area contributed by atoms with E-state index in [1.165, 1.54) is 18.0 Å². The fourth-order valence-electron chi connectivity index (χ4n) is 1.36. The van der Waals surface area contributed by atoms with Crippen molar-refractivity contribution < 1.29 is 4.58 Å². The fourth-order valence-corrected chi connectivity index (χ4v) is 1.36. The number of hydrogen-bond acceptors (Lipinski definition) is 0. The Kier molecular flexibility index (Phi) is 7.17. The van der Waals surface area contributed by atoms with Crippen LogP contribution in [-0.2, 0) is 0 Å². The molecule has 0 aliphatic rings. The molecule has 0 spiro atoms. The van der Waals surface area contributed by atoms with Gasteiger partial charge in [-0.3, -0.25) is 4.58 Å². The molecule has 0 saturated heterocycles. The number of allylic oxidation sites excluding steroid dienone is 2. The van der Waals surface area contributed by atoms with Crippen LogP contribution in [0.1, 0.15) is 47.0 Å². The first-order valence-electron chi connectivity index (χ1n) is 5.66. The van der Waals surface area contributed by atoms with Crippen LogP contribution < -0.4 is 5.32 Å². The van der Waals surface area contributed by atoms with Crippen LogP contribution in [0.2, 0.25) is 0 Å². The predicted molar refractivity (Wildman–Crippen MR) is 63.8 cm³/mol. The Bertz CT molecular complexity index is 214. The second-order valence-corrected chi connectivity index (χ2v) is 3.63. The second kappa shape index (κ2) is 7.60. The van der Waals surface area contributed by atoms with Gasteiger partial charge in [-0.1, -0.05) is 13.8 Å². The number of nitrogens with one attached hydrogen (secondary N) is 1. The minimum Gasteiger partial charge on any atom is -0.269 e. The maximum atomic E-state index is 3.47. The van der Waals surface area contributed by atoms with Gasteiger partial charge in [-0.2, -0.15) is 0 Å². The number of hydrogen-bond donors (Lipinski definition) is 1. The van der Waals surface area contributed by atoms with Gasteiger partial charge in [-0.15, -0.1) is 0 Å². The summed E-state index contributed by atoms with van der Waals surface area (Å²) in [5.74, 6) is 1.33. The lowest BCUT2D eigenvalue weighted by molar-refractivity contribution is -0.496. The molecular formula is C12H25N2+. The minimum absolute atomic E-state index is 1.06. The van der Waals surface area contributed by atoms with Crippen molar-refractivity contribution in [2.24, 2.45) is 0 Å². The summed E-state index contributed by atoms with van der Waals surface area (Å²) >= 11 is 0. The lowest BCUT2D eigenvalue weighted by Crippen LogP contribution is -2.30. The Morgan fingerprint density at radius 2 is 1.93 bits per heavy atom. The Hall–Kier alpha value is -0.790. The van der Waals surface area contributed by atoms with Crippen LogP contribution in [0.3, 0.4) is 0 Å². The van der Waals surface area contributed by atoms with E-state index < -0.39 is 0 Å². The van der Waals surface area contributed by atoms with Crippen molar-refractivity contribution in [3.8, 4) is 0 Å². The van der Waals surface area contributed by atoms with Crippen molar-refractivity contribution in [3.05, 3.63) is 11.8 Å². The van der Waals surface area contributed by atoms with E-state index in [0.29, 0.717) is 0 Å². The Balaban J connectivity index is 4.45. The van der Waals surface area contributed by atoms with Crippen LogP contribution in [0.5, 0.6) is 0 Å². The molecule has 0 unspecified atom stereocenters. The molecule has 0 atom stereocenters. The van der Waals surface area contributed by atoms with E-state index in [1.54, 1.807) is 0 Å². The highest BCUT2D eigenvalue weighted by Crippen LogP contribution is 1.95. The van der Waals surface area contributed by atoms with E-state index in [9.17, 15) is 0 Å².